The van der Waals surface area contributed by atoms with Crippen molar-refractivity contribution in [3.8, 4) is 23.1 Å². The normalized spacial score (nSPS) is 22.6. The van der Waals surface area contributed by atoms with Crippen molar-refractivity contribution in [3.05, 3.63) is 71.4 Å². The van der Waals surface area contributed by atoms with Crippen molar-refractivity contribution in [2.75, 3.05) is 20.2 Å². The molecule has 11 heteroatoms. The van der Waals surface area contributed by atoms with Crippen LogP contribution in [0.25, 0.3) is 22.3 Å². The summed E-state index contributed by atoms with van der Waals surface area (Å²) in [5.41, 5.74) is 5.71. The number of imidazole rings is 2. The van der Waals surface area contributed by atoms with Gasteiger partial charge in [0.25, 0.3) is 0 Å². The molecule has 3 amide bonds. The first kappa shape index (κ1) is 36.8. The fraction of sp³-hybridized carbons (Fsp3) is 0.523. The molecule has 2 aliphatic heterocycles. The molecule has 1 spiro atoms. The van der Waals surface area contributed by atoms with E-state index in [1.165, 1.54) is 32.8 Å². The van der Waals surface area contributed by atoms with Gasteiger partial charge in [0, 0.05) is 30.1 Å². The topological polar surface area (TPSA) is 136 Å². The zero-order valence-electron chi connectivity index (χ0n) is 32.8. The van der Waals surface area contributed by atoms with E-state index in [2.05, 4.69) is 45.9 Å². The van der Waals surface area contributed by atoms with E-state index >= 15 is 0 Å². The van der Waals surface area contributed by atoms with Gasteiger partial charge in [0.1, 0.15) is 17.7 Å². The van der Waals surface area contributed by atoms with Crippen molar-refractivity contribution in [1.82, 2.24) is 35.1 Å². The number of hydrogen-bond donors (Lipinski definition) is 3. The first-order chi connectivity index (χ1) is 26.4. The van der Waals surface area contributed by atoms with Gasteiger partial charge in [0.05, 0.1) is 42.1 Å². The molecule has 55 heavy (non-hydrogen) atoms. The maximum atomic E-state index is 13.9. The second kappa shape index (κ2) is 14.5. The molecule has 288 valence electrons. The maximum absolute atomic E-state index is 13.9. The number of nitrogens with zero attached hydrogens (tertiary/aromatic N) is 4. The number of amides is 3. The Bertz CT molecular complexity index is 2150. The van der Waals surface area contributed by atoms with Crippen LogP contribution in [0, 0.1) is 46.8 Å². The van der Waals surface area contributed by atoms with E-state index < -0.39 is 12.1 Å². The molecule has 0 bridgehead atoms. The van der Waals surface area contributed by atoms with Crippen LogP contribution in [0.4, 0.5) is 4.79 Å². The van der Waals surface area contributed by atoms with E-state index in [0.29, 0.717) is 24.3 Å². The highest BCUT2D eigenvalue weighted by Gasteiger charge is 2.55. The number of likely N-dealkylation sites (tertiary alicyclic amines) is 2. The second-order valence-corrected chi connectivity index (χ2v) is 17.3. The molecule has 3 N–H and O–H groups in total. The number of aromatic nitrogens is 4. The molecular formula is C44H53N7O4. The van der Waals surface area contributed by atoms with Gasteiger partial charge in [-0.3, -0.25) is 9.59 Å². The van der Waals surface area contributed by atoms with Crippen LogP contribution in [0.2, 0.25) is 0 Å². The number of rotatable bonds is 9. The largest absolute Gasteiger partial charge is 0.453 e. The monoisotopic (exact) mass is 743 g/mol. The highest BCUT2D eigenvalue weighted by atomic mass is 16.5. The van der Waals surface area contributed by atoms with Gasteiger partial charge in [-0.15, -0.1) is 0 Å². The van der Waals surface area contributed by atoms with Gasteiger partial charge in [-0.1, -0.05) is 58.6 Å². The van der Waals surface area contributed by atoms with Crippen LogP contribution in [0.5, 0.6) is 0 Å². The van der Waals surface area contributed by atoms with E-state index in [1.807, 2.05) is 74.3 Å². The number of hydrogen-bond acceptors (Lipinski definition) is 6. The number of methoxy groups -OCH3 is 1. The minimum Gasteiger partial charge on any atom is -0.453 e. The summed E-state index contributed by atoms with van der Waals surface area (Å²) in [6.07, 6.45) is 7.83. The molecular weight excluding hydrogens is 691 g/mol. The molecule has 0 radical (unpaired) electrons. The van der Waals surface area contributed by atoms with Crippen LogP contribution >= 0.6 is 0 Å². The van der Waals surface area contributed by atoms with Crippen molar-refractivity contribution in [3.63, 3.8) is 0 Å². The Balaban J connectivity index is 0.961. The lowest BCUT2D eigenvalue weighted by Gasteiger charge is -2.30. The maximum Gasteiger partial charge on any atom is 0.407 e. The van der Waals surface area contributed by atoms with Gasteiger partial charge in [0.15, 0.2) is 0 Å². The summed E-state index contributed by atoms with van der Waals surface area (Å²) in [6.45, 7) is 11.6. The van der Waals surface area contributed by atoms with Gasteiger partial charge in [-0.25, -0.2) is 14.8 Å². The van der Waals surface area contributed by atoms with Gasteiger partial charge in [-0.05, 0) is 104 Å². The lowest BCUT2D eigenvalue weighted by atomic mass is 9.96. The average molecular weight is 744 g/mol. The number of aromatic amines is 2. The van der Waals surface area contributed by atoms with Crippen molar-refractivity contribution >= 4 is 28.9 Å². The molecule has 4 aliphatic rings. The fourth-order valence-electron chi connectivity index (χ4n) is 8.57. The van der Waals surface area contributed by atoms with Crippen LogP contribution in [0.3, 0.4) is 0 Å². The Morgan fingerprint density at radius 1 is 0.873 bits per heavy atom. The minimum atomic E-state index is -0.678. The molecule has 2 aliphatic carbocycles. The Hall–Kier alpha value is -5.11. The molecule has 4 fully saturated rings. The summed E-state index contributed by atoms with van der Waals surface area (Å²) < 4.78 is 4.82. The second-order valence-electron chi connectivity index (χ2n) is 17.3. The number of benzene rings is 2. The number of ether oxygens (including phenoxy) is 1. The lowest BCUT2D eigenvalue weighted by molar-refractivity contribution is -0.137. The Labute approximate surface area is 323 Å². The van der Waals surface area contributed by atoms with Crippen molar-refractivity contribution < 1.29 is 19.1 Å². The predicted molar refractivity (Wildman–Crippen MR) is 210 cm³/mol. The molecule has 5 atom stereocenters. The SMILES string of the molecule is COC(=O)N[C@H](C(=O)N1C[C@@H](C2CC2)C[C@H]1c1ncc(-c2ccc(C#Cc3ccc4nc([C@@H]5CC6(CC6)CN5C(=O)[C@@H](C)C(C)C)[nH]c4c3)cc2)[nH]1)C(C)C. The van der Waals surface area contributed by atoms with Crippen molar-refractivity contribution in [2.24, 2.45) is 35.0 Å². The quantitative estimate of drug-likeness (QED) is 0.153. The van der Waals surface area contributed by atoms with Crippen LogP contribution in [0.15, 0.2) is 48.7 Å². The predicted octanol–water partition coefficient (Wildman–Crippen LogP) is 7.38. The number of H-pyrrole nitrogens is 2. The molecule has 4 heterocycles. The van der Waals surface area contributed by atoms with Crippen LogP contribution in [-0.4, -0.2) is 73.9 Å². The zero-order valence-corrected chi connectivity index (χ0v) is 32.8. The molecule has 8 rings (SSSR count). The van der Waals surface area contributed by atoms with Crippen molar-refractivity contribution in [1.29, 1.82) is 0 Å². The molecule has 2 aromatic carbocycles. The third-order valence-electron chi connectivity index (χ3n) is 12.7. The Morgan fingerprint density at radius 3 is 2.27 bits per heavy atom. The lowest BCUT2D eigenvalue weighted by Crippen LogP contribution is -2.51. The standard InChI is InChI=1S/C44H53N7O4/c1-25(2)27(5)41(52)51-24-44(17-18-44)21-37(51)40-46-33-16-11-29(19-34(33)47-40)8-7-28-9-12-31(13-10-28)35-22-45-39(48-35)36-20-32(30-14-15-30)23-50(36)42(53)38(26(3)4)49-43(54)55-6/h9-13,16,19,22,25-27,30,32,36-38H,14-15,17-18,20-21,23-24H2,1-6H3,(H,45,48)(H,46,47)(H,49,54)/t27-,32-,36-,37-,38-/m0/s1. The fourth-order valence-corrected chi connectivity index (χ4v) is 8.57. The number of alkyl carbamates (subject to hydrolysis) is 1. The summed E-state index contributed by atoms with van der Waals surface area (Å²) >= 11 is 0. The summed E-state index contributed by atoms with van der Waals surface area (Å²) in [7, 11) is 1.31. The number of nitrogens with one attached hydrogen (secondary N) is 3. The van der Waals surface area contributed by atoms with Gasteiger partial charge in [0.2, 0.25) is 11.8 Å². The minimum absolute atomic E-state index is 0.0181. The highest BCUT2D eigenvalue weighted by Crippen LogP contribution is 2.58. The van der Waals surface area contributed by atoms with Gasteiger partial charge >= 0.3 is 6.09 Å². The molecule has 2 saturated heterocycles. The first-order valence-corrected chi connectivity index (χ1v) is 20.0. The first-order valence-electron chi connectivity index (χ1n) is 20.0. The van der Waals surface area contributed by atoms with E-state index in [0.717, 1.165) is 64.5 Å². The molecule has 2 saturated carbocycles. The van der Waals surface area contributed by atoms with Crippen LogP contribution in [0.1, 0.15) is 108 Å². The summed E-state index contributed by atoms with van der Waals surface area (Å²) in [4.78, 5) is 60.3. The molecule has 0 unspecified atom stereocenters. The third kappa shape index (κ3) is 7.48. The van der Waals surface area contributed by atoms with Gasteiger partial charge in [-0.2, -0.15) is 0 Å². The molecule has 11 nitrogen and oxygen atoms in total. The van der Waals surface area contributed by atoms with Crippen LogP contribution < -0.4 is 5.32 Å². The van der Waals surface area contributed by atoms with Crippen LogP contribution in [-0.2, 0) is 14.3 Å². The highest BCUT2D eigenvalue weighted by molar-refractivity contribution is 5.86. The number of carbonyl (C=O) groups is 3. The van der Waals surface area contributed by atoms with Crippen molar-refractivity contribution in [2.45, 2.75) is 91.3 Å². The Morgan fingerprint density at radius 2 is 1.60 bits per heavy atom. The summed E-state index contributed by atoms with van der Waals surface area (Å²) in [5.74, 6) is 9.64. The summed E-state index contributed by atoms with van der Waals surface area (Å²) in [6, 6.07) is 13.3. The van der Waals surface area contributed by atoms with E-state index in [-0.39, 0.29) is 41.1 Å². The number of carbonyl (C=O) groups excluding carboxylic acids is 3. The average Bonchev–Trinajstić information content (AvgIpc) is 3.90. The third-order valence-corrected chi connectivity index (χ3v) is 12.7. The summed E-state index contributed by atoms with van der Waals surface area (Å²) in [5, 5.41) is 2.76. The zero-order chi connectivity index (χ0) is 38.6. The van der Waals surface area contributed by atoms with E-state index in [4.69, 9.17) is 14.7 Å². The Kier molecular flexibility index (Phi) is 9.72. The van der Waals surface area contributed by atoms with E-state index in [9.17, 15) is 14.4 Å². The smallest absolute Gasteiger partial charge is 0.407 e. The van der Waals surface area contributed by atoms with E-state index in [1.54, 1.807) is 0 Å². The number of fused-ring (bicyclic) bond motifs is 1. The molecule has 4 aromatic rings. The van der Waals surface area contributed by atoms with Gasteiger partial charge < -0.3 is 29.8 Å². The molecule has 2 aromatic heterocycles.